The third-order valence-corrected chi connectivity index (χ3v) is 14.7. The first kappa shape index (κ1) is 41.4. The minimum Gasteiger partial charge on any atom is -0.489 e. The summed E-state index contributed by atoms with van der Waals surface area (Å²) in [5.74, 6) is 1.25. The number of likely N-dealkylation sites (N-methyl/N-ethyl adjacent to an activating group) is 1. The molecular formula is C45H46N6O6S3. The number of hydrogen-bond donors (Lipinski definition) is 0. The first-order valence-electron chi connectivity index (χ1n) is 19.7. The van der Waals surface area contributed by atoms with Gasteiger partial charge in [0.15, 0.2) is 11.9 Å². The van der Waals surface area contributed by atoms with E-state index in [9.17, 15) is 18.0 Å². The molecule has 2 aliphatic rings. The first-order valence-corrected chi connectivity index (χ1v) is 22.9. The van der Waals surface area contributed by atoms with Crippen LogP contribution in [-0.2, 0) is 31.0 Å². The number of fused-ring (bicyclic) bond motifs is 2. The van der Waals surface area contributed by atoms with Crippen LogP contribution in [0.25, 0.3) is 21.6 Å². The number of carbonyl (C=O) groups is 2. The summed E-state index contributed by atoms with van der Waals surface area (Å²) in [6, 6.07) is 32.4. The number of thioether (sulfide) groups is 1. The number of sulfonamides is 1. The summed E-state index contributed by atoms with van der Waals surface area (Å²) in [4.78, 5) is 44.6. The number of aryl methyl sites for hydroxylation is 1. The maximum absolute atomic E-state index is 14.1. The third kappa shape index (κ3) is 8.91. The van der Waals surface area contributed by atoms with Crippen molar-refractivity contribution in [3.8, 4) is 16.5 Å². The summed E-state index contributed by atoms with van der Waals surface area (Å²) < 4.78 is 40.5. The molecule has 8 rings (SSSR count). The van der Waals surface area contributed by atoms with Gasteiger partial charge in [-0.05, 0) is 92.1 Å². The highest BCUT2D eigenvalue weighted by Gasteiger charge is 2.41. The van der Waals surface area contributed by atoms with Gasteiger partial charge in [-0.3, -0.25) is 9.59 Å². The van der Waals surface area contributed by atoms with E-state index in [4.69, 9.17) is 19.4 Å². The van der Waals surface area contributed by atoms with E-state index < -0.39 is 27.3 Å². The molecule has 0 N–H and O–H groups in total. The fraction of sp³-hybridized carbons (Fsp3) is 0.289. The maximum Gasteiger partial charge on any atom is 0.303 e. The monoisotopic (exact) mass is 862 g/mol. The van der Waals surface area contributed by atoms with Crippen LogP contribution in [0.3, 0.4) is 0 Å². The van der Waals surface area contributed by atoms with Gasteiger partial charge in [0.1, 0.15) is 18.2 Å². The van der Waals surface area contributed by atoms with E-state index in [1.807, 2.05) is 122 Å². The van der Waals surface area contributed by atoms with Crippen molar-refractivity contribution in [1.29, 1.82) is 0 Å². The summed E-state index contributed by atoms with van der Waals surface area (Å²) in [5.41, 5.74) is 4.32. The molecule has 60 heavy (non-hydrogen) atoms. The number of para-hydroxylation sites is 1. The van der Waals surface area contributed by atoms with Crippen molar-refractivity contribution in [1.82, 2.24) is 19.2 Å². The van der Waals surface area contributed by atoms with Gasteiger partial charge in [0.2, 0.25) is 10.0 Å². The Morgan fingerprint density at radius 2 is 1.65 bits per heavy atom. The minimum absolute atomic E-state index is 0.256. The summed E-state index contributed by atoms with van der Waals surface area (Å²) in [6.45, 7) is 6.30. The molecule has 15 heteroatoms. The van der Waals surface area contributed by atoms with Crippen LogP contribution in [0.15, 0.2) is 118 Å². The van der Waals surface area contributed by atoms with E-state index in [2.05, 4.69) is 4.90 Å². The average Bonchev–Trinajstić information content (AvgIpc) is 3.77. The van der Waals surface area contributed by atoms with Gasteiger partial charge in [0.25, 0.3) is 5.91 Å². The molecule has 1 fully saturated rings. The van der Waals surface area contributed by atoms with Crippen molar-refractivity contribution in [2.75, 3.05) is 63.2 Å². The molecule has 2 atom stereocenters. The second-order valence-corrected chi connectivity index (χ2v) is 19.2. The molecule has 12 nitrogen and oxygen atoms in total. The molecule has 0 unspecified atom stereocenters. The van der Waals surface area contributed by atoms with Crippen LogP contribution in [0, 0.1) is 6.92 Å². The van der Waals surface area contributed by atoms with Gasteiger partial charge >= 0.3 is 5.97 Å². The van der Waals surface area contributed by atoms with Gasteiger partial charge < -0.3 is 24.2 Å². The van der Waals surface area contributed by atoms with Crippen LogP contribution in [0.4, 0.5) is 11.5 Å². The average molecular weight is 863 g/mol. The maximum atomic E-state index is 14.1. The zero-order chi connectivity index (χ0) is 42.0. The van der Waals surface area contributed by atoms with Crippen LogP contribution in [0.5, 0.6) is 5.75 Å². The number of nitrogens with zero attached hydrogens (tertiary/aromatic N) is 6. The Balaban J connectivity index is 1.00. The van der Waals surface area contributed by atoms with Gasteiger partial charge in [-0.25, -0.2) is 18.4 Å². The molecule has 0 aliphatic carbocycles. The number of amides is 1. The lowest BCUT2D eigenvalue weighted by Gasteiger charge is -2.35. The van der Waals surface area contributed by atoms with Crippen molar-refractivity contribution >= 4 is 67.4 Å². The molecule has 4 heterocycles. The first-order chi connectivity index (χ1) is 28.9. The van der Waals surface area contributed by atoms with Crippen molar-refractivity contribution < 1.29 is 27.5 Å². The third-order valence-electron chi connectivity index (χ3n) is 10.6. The number of hydrogen-bond acceptors (Lipinski definition) is 12. The summed E-state index contributed by atoms with van der Waals surface area (Å²) in [7, 11) is 0.304. The molecule has 0 bridgehead atoms. The lowest BCUT2D eigenvalue weighted by molar-refractivity contribution is -0.152. The lowest BCUT2D eigenvalue weighted by atomic mass is 10.1. The number of aromatic nitrogens is 2. The Morgan fingerprint density at radius 1 is 0.900 bits per heavy atom. The zero-order valence-electron chi connectivity index (χ0n) is 33.9. The van der Waals surface area contributed by atoms with E-state index in [1.165, 1.54) is 18.7 Å². The predicted molar refractivity (Wildman–Crippen MR) is 237 cm³/mol. The fourth-order valence-electron chi connectivity index (χ4n) is 7.37. The van der Waals surface area contributed by atoms with Gasteiger partial charge in [-0.1, -0.05) is 54.1 Å². The Morgan fingerprint density at radius 3 is 2.35 bits per heavy atom. The number of anilines is 2. The fourth-order valence-corrected chi connectivity index (χ4v) is 10.8. The second kappa shape index (κ2) is 17.7. The lowest BCUT2D eigenvalue weighted by Crippen LogP contribution is -2.49. The van der Waals surface area contributed by atoms with Gasteiger partial charge in [-0.15, -0.1) is 23.1 Å². The number of benzene rings is 4. The summed E-state index contributed by atoms with van der Waals surface area (Å²) in [5, 5.41) is 2.39. The van der Waals surface area contributed by atoms with Gasteiger partial charge in [-0.2, -0.15) is 4.31 Å². The van der Waals surface area contributed by atoms with Crippen LogP contribution in [0.2, 0.25) is 0 Å². The van der Waals surface area contributed by atoms with Gasteiger partial charge in [0.05, 0.1) is 26.2 Å². The second-order valence-electron chi connectivity index (χ2n) is 15.1. The molecule has 2 aliphatic heterocycles. The Labute approximate surface area is 358 Å². The normalized spacial score (nSPS) is 17.4. The van der Waals surface area contributed by atoms with E-state index in [-0.39, 0.29) is 12.5 Å². The summed E-state index contributed by atoms with van der Waals surface area (Å²) in [6.07, 6.45) is -1.02. The highest BCUT2D eigenvalue weighted by molar-refractivity contribution is 7.99. The standard InChI is InChI=1S/C45H46N6O6S3/c1-30-11-18-35(19-12-30)60(54,55)50-24-22-49(23-25-50)44-36-20-13-32(28-37(36)46-43(47-44)40-10-7-27-58-40)29-56-34-16-14-33(15-17-34)42-41(57-31(2)52)45(53)51(26-21-48(3)4)38-8-5-6-9-39(38)59-42/h5-20,27-28,41-42H,21-26,29H2,1-4H3/t41-,42+/m1/s1. The van der Waals surface area contributed by atoms with Crippen LogP contribution >= 0.6 is 23.1 Å². The quantitative estimate of drug-likeness (QED) is 0.114. The van der Waals surface area contributed by atoms with Crippen molar-refractivity contribution in [3.05, 3.63) is 125 Å². The predicted octanol–water partition coefficient (Wildman–Crippen LogP) is 7.43. The molecule has 0 spiro atoms. The molecular weight excluding hydrogens is 817 g/mol. The minimum atomic E-state index is -3.62. The topological polar surface area (TPSA) is 125 Å². The highest BCUT2D eigenvalue weighted by Crippen LogP contribution is 2.47. The molecule has 310 valence electrons. The van der Waals surface area contributed by atoms with Crippen LogP contribution in [0.1, 0.15) is 28.9 Å². The van der Waals surface area contributed by atoms with Crippen molar-refractivity contribution in [2.45, 2.75) is 41.6 Å². The smallest absolute Gasteiger partial charge is 0.303 e. The zero-order valence-corrected chi connectivity index (χ0v) is 36.3. The van der Waals surface area contributed by atoms with Crippen molar-refractivity contribution in [3.63, 3.8) is 0 Å². The van der Waals surface area contributed by atoms with Crippen molar-refractivity contribution in [2.24, 2.45) is 0 Å². The number of rotatable bonds is 12. The van der Waals surface area contributed by atoms with Gasteiger partial charge in [0, 0.05) is 56.5 Å². The number of ether oxygens (including phenoxy) is 2. The van der Waals surface area contributed by atoms with E-state index in [0.717, 1.165) is 48.9 Å². The number of thiophene rings is 1. The number of carbonyl (C=O) groups excluding carboxylic acids is 2. The van der Waals surface area contributed by atoms with Crippen LogP contribution in [-0.4, -0.2) is 98.9 Å². The highest BCUT2D eigenvalue weighted by atomic mass is 32.2. The molecule has 2 aromatic heterocycles. The Kier molecular flexibility index (Phi) is 12.2. The van der Waals surface area contributed by atoms with E-state index in [1.54, 1.807) is 32.7 Å². The molecule has 1 amide bonds. The van der Waals surface area contributed by atoms with E-state index in [0.29, 0.717) is 55.7 Å². The number of piperazine rings is 1. The molecule has 4 aromatic carbocycles. The van der Waals surface area contributed by atoms with E-state index >= 15 is 0 Å². The summed E-state index contributed by atoms with van der Waals surface area (Å²) >= 11 is 3.08. The molecule has 0 saturated carbocycles. The number of esters is 1. The van der Waals surface area contributed by atoms with Crippen LogP contribution < -0.4 is 14.5 Å². The molecule has 1 saturated heterocycles. The molecule has 0 radical (unpaired) electrons. The Bertz CT molecular complexity index is 2600. The Hall–Kier alpha value is -5.32. The largest absolute Gasteiger partial charge is 0.489 e. The molecule has 6 aromatic rings. The SMILES string of the molecule is CC(=O)O[C@H]1C(=O)N(CCN(C)C)c2ccccc2S[C@H]1c1ccc(OCc2ccc3c(N4CCN(S(=O)(=O)c5ccc(C)cc5)CC4)nc(-c4cccs4)nc3c2)cc1.